The lowest BCUT2D eigenvalue weighted by molar-refractivity contribution is -0.137. The van der Waals surface area contributed by atoms with Crippen molar-refractivity contribution in [2.24, 2.45) is 0 Å². The number of hydrogen-bond donors (Lipinski definition) is 2. The second-order valence-electron chi connectivity index (χ2n) is 6.13. The number of nitrogens with one attached hydrogen (secondary N) is 1. The monoisotopic (exact) mass is 361 g/mol. The van der Waals surface area contributed by atoms with Gasteiger partial charge in [0.25, 0.3) is 0 Å². The lowest BCUT2D eigenvalue weighted by atomic mass is 9.97. The van der Waals surface area contributed by atoms with Crippen molar-refractivity contribution in [3.63, 3.8) is 0 Å². The number of rotatable bonds is 4. The summed E-state index contributed by atoms with van der Waals surface area (Å²) >= 11 is 0. The van der Waals surface area contributed by atoms with E-state index in [0.29, 0.717) is 28.3 Å². The number of carboxylic acid groups (broad SMARTS) is 1. The zero-order valence-electron chi connectivity index (χ0n) is 14.4. The molecular formula is C20H15N3O4. The van der Waals surface area contributed by atoms with Crippen molar-refractivity contribution in [1.29, 1.82) is 5.26 Å². The predicted octanol–water partition coefficient (Wildman–Crippen LogP) is 3.39. The van der Waals surface area contributed by atoms with Gasteiger partial charge >= 0.3 is 5.97 Å². The van der Waals surface area contributed by atoms with Crippen LogP contribution in [0.1, 0.15) is 12.5 Å². The van der Waals surface area contributed by atoms with Crippen LogP contribution in [0.5, 0.6) is 11.5 Å². The Morgan fingerprint density at radius 2 is 2.11 bits per heavy atom. The molecule has 1 atom stereocenters. The van der Waals surface area contributed by atoms with E-state index in [1.54, 1.807) is 18.3 Å². The van der Waals surface area contributed by atoms with Gasteiger partial charge in [-0.3, -0.25) is 4.79 Å². The zero-order valence-corrected chi connectivity index (χ0v) is 14.4. The number of benzene rings is 2. The fourth-order valence-electron chi connectivity index (χ4n) is 3.06. The SMILES string of the molecule is CC(Nc1ncc(-c2ccc3c(c2)OCO3)c2cccc(C#N)c12)C(=O)O. The van der Waals surface area contributed by atoms with E-state index in [2.05, 4.69) is 16.4 Å². The Morgan fingerprint density at radius 3 is 2.89 bits per heavy atom. The summed E-state index contributed by atoms with van der Waals surface area (Å²) in [6.45, 7) is 1.71. The number of carboxylic acids is 1. The molecule has 2 aromatic carbocycles. The maximum atomic E-state index is 11.2. The van der Waals surface area contributed by atoms with Crippen LogP contribution >= 0.6 is 0 Å². The Bertz CT molecular complexity index is 1100. The standard InChI is InChI=1S/C20H15N3O4/c1-11(20(24)25)23-19-18-13(8-21)3-2-4-14(18)15(9-22-19)12-5-6-16-17(7-12)27-10-26-16/h2-7,9,11H,10H2,1H3,(H,22,23)(H,24,25). The molecule has 0 spiro atoms. The average Bonchev–Trinajstić information content (AvgIpc) is 3.15. The molecule has 1 aliphatic heterocycles. The van der Waals surface area contributed by atoms with E-state index in [0.717, 1.165) is 16.5 Å². The summed E-state index contributed by atoms with van der Waals surface area (Å²) in [5.74, 6) is 0.696. The highest BCUT2D eigenvalue weighted by Crippen LogP contribution is 2.39. The summed E-state index contributed by atoms with van der Waals surface area (Å²) in [5, 5.41) is 23.0. The molecule has 0 aliphatic carbocycles. The molecule has 4 rings (SSSR count). The molecule has 3 aromatic rings. The number of fused-ring (bicyclic) bond motifs is 2. The van der Waals surface area contributed by atoms with Crippen molar-refractivity contribution in [3.8, 4) is 28.7 Å². The Labute approximate surface area is 154 Å². The summed E-state index contributed by atoms with van der Waals surface area (Å²) in [6.07, 6.45) is 1.66. The van der Waals surface area contributed by atoms with Gasteiger partial charge in [-0.05, 0) is 36.1 Å². The van der Waals surface area contributed by atoms with E-state index in [4.69, 9.17) is 9.47 Å². The number of ether oxygens (including phenoxy) is 2. The van der Waals surface area contributed by atoms with E-state index in [-0.39, 0.29) is 6.79 Å². The lowest BCUT2D eigenvalue weighted by Gasteiger charge is -2.15. The number of anilines is 1. The van der Waals surface area contributed by atoms with E-state index in [1.165, 1.54) is 6.92 Å². The zero-order chi connectivity index (χ0) is 19.0. The molecule has 134 valence electrons. The lowest BCUT2D eigenvalue weighted by Crippen LogP contribution is -2.26. The smallest absolute Gasteiger partial charge is 0.325 e. The molecule has 0 amide bonds. The molecule has 1 aromatic heterocycles. The molecule has 0 saturated heterocycles. The molecule has 1 aliphatic rings. The van der Waals surface area contributed by atoms with E-state index >= 15 is 0 Å². The van der Waals surface area contributed by atoms with Crippen LogP contribution in [0, 0.1) is 11.3 Å². The summed E-state index contributed by atoms with van der Waals surface area (Å²) in [4.78, 5) is 15.6. The van der Waals surface area contributed by atoms with Gasteiger partial charge in [-0.2, -0.15) is 5.26 Å². The molecular weight excluding hydrogens is 346 g/mol. The van der Waals surface area contributed by atoms with Crippen LogP contribution in [0.15, 0.2) is 42.6 Å². The third kappa shape index (κ3) is 2.87. The fourth-order valence-corrected chi connectivity index (χ4v) is 3.06. The van der Waals surface area contributed by atoms with Crippen LogP contribution in [-0.2, 0) is 4.79 Å². The van der Waals surface area contributed by atoms with E-state index in [1.807, 2.05) is 24.3 Å². The van der Waals surface area contributed by atoms with Crippen LogP contribution < -0.4 is 14.8 Å². The first-order valence-electron chi connectivity index (χ1n) is 8.29. The van der Waals surface area contributed by atoms with Gasteiger partial charge in [0, 0.05) is 17.1 Å². The van der Waals surface area contributed by atoms with Crippen molar-refractivity contribution in [1.82, 2.24) is 4.98 Å². The van der Waals surface area contributed by atoms with Crippen LogP contribution in [-0.4, -0.2) is 28.9 Å². The van der Waals surface area contributed by atoms with E-state index in [9.17, 15) is 15.2 Å². The molecule has 0 fully saturated rings. The highest BCUT2D eigenvalue weighted by molar-refractivity contribution is 6.05. The largest absolute Gasteiger partial charge is 0.480 e. The molecule has 7 nitrogen and oxygen atoms in total. The second-order valence-corrected chi connectivity index (χ2v) is 6.13. The number of nitriles is 1. The normalized spacial score (nSPS) is 13.2. The molecule has 27 heavy (non-hydrogen) atoms. The maximum absolute atomic E-state index is 11.2. The number of aromatic nitrogens is 1. The number of carbonyl (C=O) groups is 1. The molecule has 7 heteroatoms. The topological polar surface area (TPSA) is 104 Å². The molecule has 0 radical (unpaired) electrons. The van der Waals surface area contributed by atoms with Crippen molar-refractivity contribution in [2.45, 2.75) is 13.0 Å². The summed E-state index contributed by atoms with van der Waals surface area (Å²) in [6, 6.07) is 12.3. The van der Waals surface area contributed by atoms with Crippen molar-refractivity contribution < 1.29 is 19.4 Å². The van der Waals surface area contributed by atoms with Crippen LogP contribution in [0.2, 0.25) is 0 Å². The highest BCUT2D eigenvalue weighted by Gasteiger charge is 2.19. The minimum atomic E-state index is -1.00. The Hall–Kier alpha value is -3.79. The van der Waals surface area contributed by atoms with Crippen molar-refractivity contribution >= 4 is 22.6 Å². The van der Waals surface area contributed by atoms with Crippen LogP contribution in [0.4, 0.5) is 5.82 Å². The first-order valence-corrected chi connectivity index (χ1v) is 8.29. The number of hydrogen-bond acceptors (Lipinski definition) is 6. The van der Waals surface area contributed by atoms with Crippen molar-refractivity contribution in [2.75, 3.05) is 12.1 Å². The molecule has 2 N–H and O–H groups in total. The minimum Gasteiger partial charge on any atom is -0.480 e. The number of nitrogens with zero attached hydrogens (tertiary/aromatic N) is 2. The van der Waals surface area contributed by atoms with Gasteiger partial charge in [-0.25, -0.2) is 4.98 Å². The Morgan fingerprint density at radius 1 is 1.30 bits per heavy atom. The fraction of sp³-hybridized carbons (Fsp3) is 0.150. The Balaban J connectivity index is 1.91. The van der Waals surface area contributed by atoms with Gasteiger partial charge in [0.1, 0.15) is 11.9 Å². The third-order valence-corrected chi connectivity index (χ3v) is 4.44. The summed E-state index contributed by atoms with van der Waals surface area (Å²) < 4.78 is 10.8. The van der Waals surface area contributed by atoms with Crippen molar-refractivity contribution in [3.05, 3.63) is 48.2 Å². The molecule has 0 bridgehead atoms. The van der Waals surface area contributed by atoms with Crippen LogP contribution in [0.3, 0.4) is 0 Å². The maximum Gasteiger partial charge on any atom is 0.325 e. The molecule has 0 saturated carbocycles. The second kappa shape index (κ2) is 6.50. The van der Waals surface area contributed by atoms with Gasteiger partial charge in [-0.15, -0.1) is 0 Å². The first-order chi connectivity index (χ1) is 13.1. The first kappa shape index (κ1) is 16.7. The van der Waals surface area contributed by atoms with Gasteiger partial charge in [0.2, 0.25) is 6.79 Å². The predicted molar refractivity (Wildman–Crippen MR) is 98.7 cm³/mol. The van der Waals surface area contributed by atoms with Gasteiger partial charge in [0.05, 0.1) is 11.6 Å². The molecule has 2 heterocycles. The Kier molecular flexibility index (Phi) is 4.01. The van der Waals surface area contributed by atoms with E-state index < -0.39 is 12.0 Å². The number of pyridine rings is 1. The minimum absolute atomic E-state index is 0.187. The quantitative estimate of drug-likeness (QED) is 0.734. The third-order valence-electron chi connectivity index (χ3n) is 4.44. The number of aliphatic carboxylic acids is 1. The molecule has 1 unspecified atom stereocenters. The summed E-state index contributed by atoms with van der Waals surface area (Å²) in [5.41, 5.74) is 2.10. The highest BCUT2D eigenvalue weighted by atomic mass is 16.7. The van der Waals surface area contributed by atoms with Gasteiger partial charge in [-0.1, -0.05) is 18.2 Å². The van der Waals surface area contributed by atoms with Gasteiger partial charge < -0.3 is 19.9 Å². The van der Waals surface area contributed by atoms with Gasteiger partial charge in [0.15, 0.2) is 11.5 Å². The van der Waals surface area contributed by atoms with Crippen LogP contribution in [0.25, 0.3) is 21.9 Å². The summed E-state index contributed by atoms with van der Waals surface area (Å²) in [7, 11) is 0. The average molecular weight is 361 g/mol.